The molecule has 0 fully saturated rings. The van der Waals surface area contributed by atoms with E-state index in [0.29, 0.717) is 21.5 Å². The lowest BCUT2D eigenvalue weighted by molar-refractivity contribution is -0.401. The second-order valence-corrected chi connectivity index (χ2v) is 7.46. The Morgan fingerprint density at radius 1 is 1.19 bits per heavy atom. The van der Waals surface area contributed by atoms with Crippen LogP contribution in [0.25, 0.3) is 15.7 Å². The molecule has 0 atom stereocenters. The Kier molecular flexibility index (Phi) is 4.67. The molecule has 0 aliphatic rings. The highest BCUT2D eigenvalue weighted by molar-refractivity contribution is 7.98. The fraction of sp³-hybridized carbons (Fsp3) is 0.188. The summed E-state index contributed by atoms with van der Waals surface area (Å²) in [5, 5.41) is 24.0. The van der Waals surface area contributed by atoms with Gasteiger partial charge in [-0.1, -0.05) is 41.7 Å². The predicted octanol–water partition coefficient (Wildman–Crippen LogP) is 3.83. The molecule has 26 heavy (non-hydrogen) atoms. The molecule has 0 unspecified atom stereocenters. The highest BCUT2D eigenvalue weighted by Gasteiger charge is 2.18. The third-order valence-corrected chi connectivity index (χ3v) is 5.52. The van der Waals surface area contributed by atoms with Gasteiger partial charge < -0.3 is 4.42 Å². The topological polar surface area (TPSA) is 99.4 Å². The lowest BCUT2D eigenvalue weighted by Gasteiger charge is -2.00. The van der Waals surface area contributed by atoms with E-state index in [1.165, 1.54) is 29.0 Å². The van der Waals surface area contributed by atoms with Crippen molar-refractivity contribution in [2.24, 2.45) is 0 Å². The van der Waals surface area contributed by atoms with Crippen LogP contribution >= 0.6 is 23.1 Å². The van der Waals surface area contributed by atoms with Crippen LogP contribution in [0.4, 0.5) is 5.88 Å². The smallest absolute Gasteiger partial charge is 0.398 e. The molecular weight excluding hydrogens is 374 g/mol. The monoisotopic (exact) mass is 387 g/mol. The van der Waals surface area contributed by atoms with Gasteiger partial charge in [-0.15, -0.1) is 15.3 Å². The summed E-state index contributed by atoms with van der Waals surface area (Å²) in [6, 6.07) is 13.2. The van der Waals surface area contributed by atoms with E-state index in [4.69, 9.17) is 4.42 Å². The van der Waals surface area contributed by atoms with Gasteiger partial charge in [-0.25, -0.2) is 0 Å². The third-order valence-electron chi connectivity index (χ3n) is 3.65. The lowest BCUT2D eigenvalue weighted by atomic mass is 10.2. The molecule has 0 N–H and O–H groups in total. The average Bonchev–Trinajstić information content (AvgIpc) is 3.35. The van der Waals surface area contributed by atoms with Crippen molar-refractivity contribution in [3.8, 4) is 10.8 Å². The van der Waals surface area contributed by atoms with Crippen molar-refractivity contribution in [3.63, 3.8) is 0 Å². The summed E-state index contributed by atoms with van der Waals surface area (Å²) in [7, 11) is 0. The van der Waals surface area contributed by atoms with Crippen LogP contribution in [0.15, 0.2) is 46.9 Å². The minimum Gasteiger partial charge on any atom is -0.398 e. The van der Waals surface area contributed by atoms with Crippen LogP contribution in [0, 0.1) is 10.1 Å². The Morgan fingerprint density at radius 2 is 2.04 bits per heavy atom. The molecule has 1 aromatic carbocycles. The van der Waals surface area contributed by atoms with Crippen LogP contribution in [0.2, 0.25) is 0 Å². The maximum Gasteiger partial charge on any atom is 0.433 e. The van der Waals surface area contributed by atoms with Crippen molar-refractivity contribution in [3.05, 3.63) is 64.0 Å². The van der Waals surface area contributed by atoms with E-state index in [-0.39, 0.29) is 5.88 Å². The van der Waals surface area contributed by atoms with Crippen molar-refractivity contribution >= 4 is 33.9 Å². The first-order valence-electron chi connectivity index (χ1n) is 7.78. The number of aryl methyl sites for hydroxylation is 1. The SMILES string of the molecule is O=[N+]([O-])c1ccc(-c2nn3c(CSCCc4ccccc4)nnc3s2)o1. The summed E-state index contributed by atoms with van der Waals surface area (Å²) in [6.07, 6.45) is 0.992. The molecule has 0 saturated carbocycles. The third kappa shape index (κ3) is 3.46. The number of benzene rings is 1. The van der Waals surface area contributed by atoms with Gasteiger partial charge in [-0.05, 0) is 23.8 Å². The summed E-state index contributed by atoms with van der Waals surface area (Å²) in [5.74, 6) is 2.47. The van der Waals surface area contributed by atoms with Gasteiger partial charge in [0.15, 0.2) is 16.6 Å². The molecule has 0 aliphatic carbocycles. The molecule has 0 aliphatic heterocycles. The summed E-state index contributed by atoms with van der Waals surface area (Å²) in [5.41, 5.74) is 1.31. The van der Waals surface area contributed by atoms with Gasteiger partial charge in [0.1, 0.15) is 4.92 Å². The van der Waals surface area contributed by atoms with Crippen LogP contribution in [0.1, 0.15) is 11.4 Å². The number of furan rings is 1. The second-order valence-electron chi connectivity index (χ2n) is 5.40. The Hall–Kier alpha value is -2.72. The zero-order valence-corrected chi connectivity index (χ0v) is 15.1. The molecule has 0 spiro atoms. The fourth-order valence-electron chi connectivity index (χ4n) is 2.39. The van der Waals surface area contributed by atoms with Gasteiger partial charge in [0.05, 0.1) is 11.8 Å². The second kappa shape index (κ2) is 7.26. The number of rotatable bonds is 7. The van der Waals surface area contributed by atoms with Crippen molar-refractivity contribution in [1.29, 1.82) is 0 Å². The molecule has 0 radical (unpaired) electrons. The van der Waals surface area contributed by atoms with Crippen molar-refractivity contribution in [1.82, 2.24) is 19.8 Å². The van der Waals surface area contributed by atoms with Gasteiger partial charge >= 0.3 is 5.88 Å². The van der Waals surface area contributed by atoms with Gasteiger partial charge in [0.25, 0.3) is 0 Å². The summed E-state index contributed by atoms with van der Waals surface area (Å²) in [6.45, 7) is 0. The molecule has 0 saturated heterocycles. The number of fused-ring (bicyclic) bond motifs is 1. The van der Waals surface area contributed by atoms with Crippen LogP contribution in [-0.2, 0) is 12.2 Å². The molecule has 3 aromatic heterocycles. The number of hydrogen-bond acceptors (Lipinski definition) is 8. The number of nitrogens with zero attached hydrogens (tertiary/aromatic N) is 5. The minimum absolute atomic E-state index is 0.303. The Labute approximate surface area is 156 Å². The van der Waals surface area contributed by atoms with E-state index in [1.807, 2.05) is 18.2 Å². The molecule has 0 bridgehead atoms. The standard InChI is InChI=1S/C16H13N5O3S2/c22-21(23)14-7-6-12(24-14)15-19-20-13(17-18-16(20)26-15)10-25-9-8-11-4-2-1-3-5-11/h1-7H,8-10H2. The number of thioether (sulfide) groups is 1. The maximum absolute atomic E-state index is 10.7. The molecule has 4 aromatic rings. The Balaban J connectivity index is 1.43. The van der Waals surface area contributed by atoms with Gasteiger partial charge in [-0.3, -0.25) is 10.1 Å². The van der Waals surface area contributed by atoms with Gasteiger partial charge in [0.2, 0.25) is 4.96 Å². The number of hydrogen-bond donors (Lipinski definition) is 0. The molecule has 10 heteroatoms. The largest absolute Gasteiger partial charge is 0.433 e. The van der Waals surface area contributed by atoms with Crippen molar-refractivity contribution in [2.45, 2.75) is 12.2 Å². The first kappa shape index (κ1) is 16.7. The Morgan fingerprint density at radius 3 is 2.81 bits per heavy atom. The van der Waals surface area contributed by atoms with Crippen LogP contribution < -0.4 is 0 Å². The number of nitro groups is 1. The molecule has 8 nitrogen and oxygen atoms in total. The molecule has 0 amide bonds. The Bertz CT molecular complexity index is 1040. The van der Waals surface area contributed by atoms with Crippen LogP contribution in [-0.4, -0.2) is 30.5 Å². The highest BCUT2D eigenvalue weighted by atomic mass is 32.2. The fourth-order valence-corrected chi connectivity index (χ4v) is 4.09. The zero-order valence-electron chi connectivity index (χ0n) is 13.4. The van der Waals surface area contributed by atoms with Crippen molar-refractivity contribution in [2.75, 3.05) is 5.75 Å². The van der Waals surface area contributed by atoms with Crippen LogP contribution in [0.3, 0.4) is 0 Å². The zero-order chi connectivity index (χ0) is 17.9. The molecule has 3 heterocycles. The molecular formula is C16H13N5O3S2. The van der Waals surface area contributed by atoms with Crippen molar-refractivity contribution < 1.29 is 9.34 Å². The normalized spacial score (nSPS) is 11.2. The van der Waals surface area contributed by atoms with E-state index < -0.39 is 4.92 Å². The minimum atomic E-state index is -0.571. The number of aromatic nitrogens is 4. The quantitative estimate of drug-likeness (QED) is 0.270. The predicted molar refractivity (Wildman–Crippen MR) is 99.3 cm³/mol. The maximum atomic E-state index is 10.7. The van der Waals surface area contributed by atoms with E-state index in [1.54, 1.807) is 16.3 Å². The van der Waals surface area contributed by atoms with Gasteiger partial charge in [-0.2, -0.15) is 16.3 Å². The lowest BCUT2D eigenvalue weighted by Crippen LogP contribution is -1.96. The summed E-state index contributed by atoms with van der Waals surface area (Å²) >= 11 is 3.05. The van der Waals surface area contributed by atoms with E-state index >= 15 is 0 Å². The van der Waals surface area contributed by atoms with E-state index in [2.05, 4.69) is 27.4 Å². The molecule has 132 valence electrons. The van der Waals surface area contributed by atoms with E-state index in [9.17, 15) is 10.1 Å². The van der Waals surface area contributed by atoms with Crippen LogP contribution in [0.5, 0.6) is 0 Å². The molecule has 4 rings (SSSR count). The van der Waals surface area contributed by atoms with Gasteiger partial charge in [0, 0.05) is 0 Å². The average molecular weight is 387 g/mol. The first-order valence-corrected chi connectivity index (χ1v) is 9.75. The highest BCUT2D eigenvalue weighted by Crippen LogP contribution is 2.30. The van der Waals surface area contributed by atoms with E-state index in [0.717, 1.165) is 18.0 Å². The summed E-state index contributed by atoms with van der Waals surface area (Å²) < 4.78 is 6.87. The summed E-state index contributed by atoms with van der Waals surface area (Å²) in [4.78, 5) is 10.8. The first-order chi connectivity index (χ1) is 12.7.